The first kappa shape index (κ1) is 14.8. The minimum Gasteiger partial charge on any atom is -0.383 e. The lowest BCUT2D eigenvalue weighted by molar-refractivity contribution is 0.205. The second kappa shape index (κ2) is 7.27. The molecular formula is C14H17BrN4O. The lowest BCUT2D eigenvalue weighted by atomic mass is 10.3. The average molecular weight is 337 g/mol. The fraction of sp³-hybridized carbons (Fsp3) is 0.429. The number of nitrogens with zero attached hydrogens (tertiary/aromatic N) is 4. The average Bonchev–Trinajstić information content (AvgIpc) is 2.85. The van der Waals surface area contributed by atoms with Crippen molar-refractivity contribution in [2.75, 3.05) is 31.7 Å². The number of pyridine rings is 1. The van der Waals surface area contributed by atoms with Gasteiger partial charge in [-0.1, -0.05) is 22.0 Å². The van der Waals surface area contributed by atoms with Gasteiger partial charge in [-0.2, -0.15) is 5.26 Å². The summed E-state index contributed by atoms with van der Waals surface area (Å²) in [4.78, 5) is 6.79. The van der Waals surface area contributed by atoms with Crippen molar-refractivity contribution in [1.29, 1.82) is 5.26 Å². The van der Waals surface area contributed by atoms with Crippen LogP contribution in [0.15, 0.2) is 24.4 Å². The van der Waals surface area contributed by atoms with Crippen LogP contribution < -0.4 is 4.90 Å². The van der Waals surface area contributed by atoms with Gasteiger partial charge in [-0.15, -0.1) is 0 Å². The molecule has 106 valence electrons. The molecule has 2 heterocycles. The standard InChI is InChI=1S/C14H17BrN4O/c1-20-10-9-18(7-4-6-16)14-12(11-15)19-8-3-2-5-13(19)17-14/h2-3,5,8H,4,7,9-11H2,1H3. The number of hydrogen-bond donors (Lipinski definition) is 0. The van der Waals surface area contributed by atoms with E-state index in [1.807, 2.05) is 24.4 Å². The molecule has 0 aliphatic rings. The van der Waals surface area contributed by atoms with E-state index in [2.05, 4.69) is 36.3 Å². The Bertz CT molecular complexity index is 605. The number of anilines is 1. The molecule has 2 aromatic heterocycles. The first-order valence-electron chi connectivity index (χ1n) is 6.44. The van der Waals surface area contributed by atoms with Crippen molar-refractivity contribution >= 4 is 27.4 Å². The number of nitriles is 1. The summed E-state index contributed by atoms with van der Waals surface area (Å²) in [5, 5.41) is 9.52. The van der Waals surface area contributed by atoms with Crippen molar-refractivity contribution in [3.05, 3.63) is 30.1 Å². The van der Waals surface area contributed by atoms with Crippen LogP contribution in [0.5, 0.6) is 0 Å². The predicted molar refractivity (Wildman–Crippen MR) is 82.1 cm³/mol. The number of rotatable bonds is 7. The van der Waals surface area contributed by atoms with Gasteiger partial charge in [0.1, 0.15) is 5.65 Å². The van der Waals surface area contributed by atoms with Gasteiger partial charge in [-0.3, -0.25) is 0 Å². The maximum Gasteiger partial charge on any atom is 0.152 e. The van der Waals surface area contributed by atoms with E-state index >= 15 is 0 Å². The lowest BCUT2D eigenvalue weighted by Gasteiger charge is -2.22. The Hall–Kier alpha value is -1.58. The van der Waals surface area contributed by atoms with Crippen molar-refractivity contribution in [1.82, 2.24) is 9.38 Å². The SMILES string of the molecule is COCCN(CCC#N)c1nc2ccccn2c1CBr. The molecule has 0 amide bonds. The summed E-state index contributed by atoms with van der Waals surface area (Å²) in [5.41, 5.74) is 2.01. The number of imidazole rings is 1. The van der Waals surface area contributed by atoms with Crippen LogP contribution in [0.3, 0.4) is 0 Å². The Morgan fingerprint density at radius 1 is 1.45 bits per heavy atom. The van der Waals surface area contributed by atoms with Crippen molar-refractivity contribution in [2.24, 2.45) is 0 Å². The molecule has 20 heavy (non-hydrogen) atoms. The minimum atomic E-state index is 0.472. The third-order valence-corrected chi connectivity index (χ3v) is 3.62. The quantitative estimate of drug-likeness (QED) is 0.729. The fourth-order valence-electron chi connectivity index (χ4n) is 2.12. The normalized spacial score (nSPS) is 10.7. The van der Waals surface area contributed by atoms with Crippen LogP contribution >= 0.6 is 15.9 Å². The van der Waals surface area contributed by atoms with Gasteiger partial charge in [-0.25, -0.2) is 4.98 Å². The zero-order valence-electron chi connectivity index (χ0n) is 11.4. The molecule has 0 fully saturated rings. The maximum atomic E-state index is 8.81. The third-order valence-electron chi connectivity index (χ3n) is 3.09. The van der Waals surface area contributed by atoms with E-state index in [1.165, 1.54) is 0 Å². The van der Waals surface area contributed by atoms with Crippen molar-refractivity contribution in [2.45, 2.75) is 11.8 Å². The highest BCUT2D eigenvalue weighted by molar-refractivity contribution is 9.08. The van der Waals surface area contributed by atoms with Crippen LogP contribution in [-0.4, -0.2) is 36.2 Å². The molecule has 6 heteroatoms. The Morgan fingerprint density at radius 3 is 3.00 bits per heavy atom. The van der Waals surface area contributed by atoms with Crippen LogP contribution in [0.1, 0.15) is 12.1 Å². The molecule has 0 N–H and O–H groups in total. The first-order chi connectivity index (χ1) is 9.81. The van der Waals surface area contributed by atoms with E-state index in [9.17, 15) is 0 Å². The van der Waals surface area contributed by atoms with Crippen molar-refractivity contribution < 1.29 is 4.74 Å². The van der Waals surface area contributed by atoms with E-state index in [4.69, 9.17) is 10.00 Å². The first-order valence-corrected chi connectivity index (χ1v) is 7.56. The monoisotopic (exact) mass is 336 g/mol. The Morgan fingerprint density at radius 2 is 2.30 bits per heavy atom. The molecule has 0 saturated carbocycles. The van der Waals surface area contributed by atoms with Gasteiger partial charge in [0.25, 0.3) is 0 Å². The van der Waals surface area contributed by atoms with E-state index in [0.29, 0.717) is 24.9 Å². The second-order valence-corrected chi connectivity index (χ2v) is 4.89. The van der Waals surface area contributed by atoms with Crippen LogP contribution in [0.4, 0.5) is 5.82 Å². The minimum absolute atomic E-state index is 0.472. The number of ether oxygens (including phenoxy) is 1. The van der Waals surface area contributed by atoms with Crippen molar-refractivity contribution in [3.8, 4) is 6.07 Å². The molecule has 0 aliphatic carbocycles. The molecule has 0 bridgehead atoms. The largest absolute Gasteiger partial charge is 0.383 e. The van der Waals surface area contributed by atoms with E-state index in [1.54, 1.807) is 7.11 Å². The third kappa shape index (κ3) is 3.11. The van der Waals surface area contributed by atoms with Gasteiger partial charge in [0.2, 0.25) is 0 Å². The Balaban J connectivity index is 2.38. The molecule has 0 aliphatic heterocycles. The maximum absolute atomic E-state index is 8.81. The highest BCUT2D eigenvalue weighted by Gasteiger charge is 2.17. The topological polar surface area (TPSA) is 53.6 Å². The van der Waals surface area contributed by atoms with Gasteiger partial charge in [0.05, 0.1) is 24.8 Å². The smallest absolute Gasteiger partial charge is 0.152 e. The van der Waals surface area contributed by atoms with Crippen molar-refractivity contribution in [3.63, 3.8) is 0 Å². The highest BCUT2D eigenvalue weighted by Crippen LogP contribution is 2.24. The molecule has 0 spiro atoms. The van der Waals surface area contributed by atoms with Gasteiger partial charge >= 0.3 is 0 Å². The number of halogens is 1. The molecular weight excluding hydrogens is 320 g/mol. The molecule has 0 aromatic carbocycles. The molecule has 5 nitrogen and oxygen atoms in total. The van der Waals surface area contributed by atoms with E-state index < -0.39 is 0 Å². The molecule has 2 rings (SSSR count). The highest BCUT2D eigenvalue weighted by atomic mass is 79.9. The van der Waals surface area contributed by atoms with Crippen LogP contribution in [0.25, 0.3) is 5.65 Å². The van der Waals surface area contributed by atoms with Gasteiger partial charge in [0.15, 0.2) is 5.82 Å². The Labute approximate surface area is 126 Å². The molecule has 0 unspecified atom stereocenters. The second-order valence-electron chi connectivity index (χ2n) is 4.33. The number of methoxy groups -OCH3 is 1. The number of alkyl halides is 1. The van der Waals surface area contributed by atoms with Gasteiger partial charge in [0, 0.05) is 31.7 Å². The zero-order chi connectivity index (χ0) is 14.4. The summed E-state index contributed by atoms with van der Waals surface area (Å²) >= 11 is 3.53. The van der Waals surface area contributed by atoms with Crippen LogP contribution in [0.2, 0.25) is 0 Å². The summed E-state index contributed by atoms with van der Waals surface area (Å²) in [6.45, 7) is 1.99. The van der Waals surface area contributed by atoms with Gasteiger partial charge in [-0.05, 0) is 12.1 Å². The fourth-order valence-corrected chi connectivity index (χ4v) is 2.64. The zero-order valence-corrected chi connectivity index (χ0v) is 13.0. The van der Waals surface area contributed by atoms with Gasteiger partial charge < -0.3 is 14.0 Å². The summed E-state index contributed by atoms with van der Waals surface area (Å²) in [7, 11) is 1.68. The number of hydrogen-bond acceptors (Lipinski definition) is 4. The molecule has 0 radical (unpaired) electrons. The van der Waals surface area contributed by atoms with E-state index in [0.717, 1.165) is 23.7 Å². The van der Waals surface area contributed by atoms with E-state index in [-0.39, 0.29) is 0 Å². The van der Waals surface area contributed by atoms with Crippen LogP contribution in [0, 0.1) is 11.3 Å². The summed E-state index contributed by atoms with van der Waals surface area (Å²) in [6, 6.07) is 8.12. The predicted octanol–water partition coefficient (Wildman–Crippen LogP) is 2.60. The summed E-state index contributed by atoms with van der Waals surface area (Å²) < 4.78 is 7.22. The molecule has 0 saturated heterocycles. The molecule has 0 atom stereocenters. The van der Waals surface area contributed by atoms with Crippen LogP contribution in [-0.2, 0) is 10.1 Å². The summed E-state index contributed by atoms with van der Waals surface area (Å²) in [6.07, 6.45) is 2.47. The number of fused-ring (bicyclic) bond motifs is 1. The molecule has 2 aromatic rings. The number of aromatic nitrogens is 2. The lowest BCUT2D eigenvalue weighted by Crippen LogP contribution is -2.29. The Kier molecular flexibility index (Phi) is 5.39. The summed E-state index contributed by atoms with van der Waals surface area (Å²) in [5.74, 6) is 0.917.